The highest BCUT2D eigenvalue weighted by molar-refractivity contribution is 5.32. The number of ether oxygens (including phenoxy) is 1. The molecule has 100 valence electrons. The van der Waals surface area contributed by atoms with Gasteiger partial charge < -0.3 is 10.5 Å². The molecule has 0 spiro atoms. The third-order valence-corrected chi connectivity index (χ3v) is 4.16. The maximum Gasteiger partial charge on any atom is 0.128 e. The fraction of sp³-hybridized carbons (Fsp3) is 0.600. The van der Waals surface area contributed by atoms with Crippen LogP contribution in [0.25, 0.3) is 0 Å². The van der Waals surface area contributed by atoms with E-state index in [-0.39, 0.29) is 11.2 Å². The topological polar surface area (TPSA) is 35.2 Å². The highest BCUT2D eigenvalue weighted by Gasteiger charge is 2.32. The lowest BCUT2D eigenvalue weighted by Crippen LogP contribution is -2.37. The van der Waals surface area contributed by atoms with Gasteiger partial charge in [-0.05, 0) is 30.5 Å². The molecule has 0 heterocycles. The molecule has 0 amide bonds. The molecule has 2 N–H and O–H groups in total. The molecule has 0 radical (unpaired) electrons. The van der Waals surface area contributed by atoms with E-state index in [1.807, 2.05) is 12.1 Å². The van der Waals surface area contributed by atoms with Crippen LogP contribution < -0.4 is 5.73 Å². The minimum absolute atomic E-state index is 0.0500. The largest absolute Gasteiger partial charge is 0.380 e. The summed E-state index contributed by atoms with van der Waals surface area (Å²) in [6.45, 7) is 0.964. The third-order valence-electron chi connectivity index (χ3n) is 4.16. The van der Waals surface area contributed by atoms with Crippen LogP contribution in [-0.4, -0.2) is 13.7 Å². The predicted molar refractivity (Wildman–Crippen MR) is 70.9 cm³/mol. The van der Waals surface area contributed by atoms with Gasteiger partial charge in [0.1, 0.15) is 5.82 Å². The number of hydrogen-bond donors (Lipinski definition) is 1. The van der Waals surface area contributed by atoms with E-state index in [0.29, 0.717) is 18.7 Å². The van der Waals surface area contributed by atoms with E-state index in [0.717, 1.165) is 12.8 Å². The Morgan fingerprint density at radius 2 is 2.00 bits per heavy atom. The van der Waals surface area contributed by atoms with E-state index in [1.54, 1.807) is 13.2 Å². The van der Waals surface area contributed by atoms with Gasteiger partial charge in [0, 0.05) is 24.6 Å². The zero-order valence-electron chi connectivity index (χ0n) is 11.0. The Morgan fingerprint density at radius 3 is 2.61 bits per heavy atom. The average Bonchev–Trinajstić information content (AvgIpc) is 2.42. The summed E-state index contributed by atoms with van der Waals surface area (Å²) in [5.74, 6) is -0.191. The molecule has 0 aliphatic heterocycles. The standard InChI is InChI=1S/C15H22FNO/c1-18-10-12-9-13(5-6-14(12)16)15(11-17)7-3-2-4-8-15/h5-6,9H,2-4,7-8,10-11,17H2,1H3. The van der Waals surface area contributed by atoms with E-state index in [9.17, 15) is 4.39 Å². The maximum absolute atomic E-state index is 13.6. The van der Waals surface area contributed by atoms with Crippen molar-refractivity contribution in [2.24, 2.45) is 5.73 Å². The molecule has 0 bridgehead atoms. The van der Waals surface area contributed by atoms with Crippen LogP contribution in [0, 0.1) is 5.82 Å². The summed E-state index contributed by atoms with van der Waals surface area (Å²) in [5, 5.41) is 0. The van der Waals surface area contributed by atoms with Gasteiger partial charge in [-0.1, -0.05) is 25.3 Å². The number of rotatable bonds is 4. The quantitative estimate of drug-likeness (QED) is 0.892. The van der Waals surface area contributed by atoms with Crippen molar-refractivity contribution < 1.29 is 9.13 Å². The fourth-order valence-corrected chi connectivity index (χ4v) is 3.01. The number of benzene rings is 1. The molecule has 2 nitrogen and oxygen atoms in total. The SMILES string of the molecule is COCc1cc(C2(CN)CCCCC2)ccc1F. The zero-order chi connectivity index (χ0) is 13.0. The van der Waals surface area contributed by atoms with Gasteiger partial charge >= 0.3 is 0 Å². The van der Waals surface area contributed by atoms with Gasteiger partial charge in [0.15, 0.2) is 0 Å². The molecule has 1 fully saturated rings. The molecule has 1 saturated carbocycles. The van der Waals surface area contributed by atoms with Crippen molar-refractivity contribution in [3.63, 3.8) is 0 Å². The van der Waals surface area contributed by atoms with E-state index in [2.05, 4.69) is 0 Å². The Morgan fingerprint density at radius 1 is 1.28 bits per heavy atom. The Balaban J connectivity index is 2.33. The molecule has 18 heavy (non-hydrogen) atoms. The minimum atomic E-state index is -0.191. The lowest BCUT2D eigenvalue weighted by molar-refractivity contribution is 0.181. The fourth-order valence-electron chi connectivity index (χ4n) is 3.01. The van der Waals surface area contributed by atoms with Crippen LogP contribution >= 0.6 is 0 Å². The maximum atomic E-state index is 13.6. The summed E-state index contributed by atoms with van der Waals surface area (Å²) < 4.78 is 18.7. The van der Waals surface area contributed by atoms with Gasteiger partial charge in [-0.2, -0.15) is 0 Å². The van der Waals surface area contributed by atoms with Crippen molar-refractivity contribution in [1.29, 1.82) is 0 Å². The molecule has 0 unspecified atom stereocenters. The zero-order valence-corrected chi connectivity index (χ0v) is 11.0. The van der Waals surface area contributed by atoms with Crippen molar-refractivity contribution in [2.45, 2.75) is 44.1 Å². The summed E-state index contributed by atoms with van der Waals surface area (Å²) in [4.78, 5) is 0. The third kappa shape index (κ3) is 2.57. The van der Waals surface area contributed by atoms with E-state index < -0.39 is 0 Å². The van der Waals surface area contributed by atoms with Crippen molar-refractivity contribution in [3.8, 4) is 0 Å². The Hall–Kier alpha value is -0.930. The second kappa shape index (κ2) is 5.81. The van der Waals surface area contributed by atoms with Crippen LogP contribution in [0.3, 0.4) is 0 Å². The predicted octanol–water partition coefficient (Wildman–Crippen LogP) is 3.13. The number of halogens is 1. The summed E-state index contributed by atoms with van der Waals surface area (Å²) in [7, 11) is 1.59. The monoisotopic (exact) mass is 251 g/mol. The molecular weight excluding hydrogens is 229 g/mol. The molecule has 1 aliphatic rings. The van der Waals surface area contributed by atoms with E-state index >= 15 is 0 Å². The van der Waals surface area contributed by atoms with Crippen LogP contribution in [0.5, 0.6) is 0 Å². The normalized spacial score (nSPS) is 18.8. The van der Waals surface area contributed by atoms with Gasteiger partial charge in [-0.15, -0.1) is 0 Å². The first kappa shape index (κ1) is 13.5. The Labute approximate surface area is 108 Å². The molecular formula is C15H22FNO. The molecule has 2 rings (SSSR count). The molecule has 0 saturated heterocycles. The molecule has 3 heteroatoms. The highest BCUT2D eigenvalue weighted by atomic mass is 19.1. The molecule has 0 aromatic heterocycles. The summed E-state index contributed by atoms with van der Waals surface area (Å²) in [6.07, 6.45) is 5.94. The van der Waals surface area contributed by atoms with Crippen molar-refractivity contribution in [3.05, 3.63) is 35.1 Å². The van der Waals surface area contributed by atoms with Crippen molar-refractivity contribution in [2.75, 3.05) is 13.7 Å². The Kier molecular flexibility index (Phi) is 4.36. The van der Waals surface area contributed by atoms with Crippen LogP contribution in [0.15, 0.2) is 18.2 Å². The van der Waals surface area contributed by atoms with Crippen LogP contribution in [0.1, 0.15) is 43.2 Å². The highest BCUT2D eigenvalue weighted by Crippen LogP contribution is 2.39. The second-order valence-corrected chi connectivity index (χ2v) is 5.28. The molecule has 1 aliphatic carbocycles. The van der Waals surface area contributed by atoms with Gasteiger partial charge in [0.25, 0.3) is 0 Å². The van der Waals surface area contributed by atoms with Gasteiger partial charge in [0.05, 0.1) is 6.61 Å². The first-order valence-corrected chi connectivity index (χ1v) is 6.70. The van der Waals surface area contributed by atoms with Crippen molar-refractivity contribution >= 4 is 0 Å². The Bertz CT molecular complexity index is 399. The van der Waals surface area contributed by atoms with Crippen LogP contribution in [-0.2, 0) is 16.8 Å². The lowest BCUT2D eigenvalue weighted by Gasteiger charge is -2.37. The molecule has 1 aromatic carbocycles. The number of hydrogen-bond acceptors (Lipinski definition) is 2. The minimum Gasteiger partial charge on any atom is -0.380 e. The van der Waals surface area contributed by atoms with E-state index in [4.69, 9.17) is 10.5 Å². The number of methoxy groups -OCH3 is 1. The smallest absolute Gasteiger partial charge is 0.128 e. The van der Waals surface area contributed by atoms with Crippen LogP contribution in [0.4, 0.5) is 4.39 Å². The number of nitrogens with two attached hydrogens (primary N) is 1. The van der Waals surface area contributed by atoms with Crippen molar-refractivity contribution in [1.82, 2.24) is 0 Å². The van der Waals surface area contributed by atoms with Gasteiger partial charge in [-0.25, -0.2) is 4.39 Å². The first-order chi connectivity index (χ1) is 8.72. The van der Waals surface area contributed by atoms with Gasteiger partial charge in [0.2, 0.25) is 0 Å². The first-order valence-electron chi connectivity index (χ1n) is 6.70. The second-order valence-electron chi connectivity index (χ2n) is 5.28. The van der Waals surface area contributed by atoms with Gasteiger partial charge in [-0.3, -0.25) is 0 Å². The van der Waals surface area contributed by atoms with Crippen LogP contribution in [0.2, 0.25) is 0 Å². The molecule has 1 aromatic rings. The summed E-state index contributed by atoms with van der Waals surface area (Å²) in [5.41, 5.74) is 7.87. The molecule has 0 atom stereocenters. The van der Waals surface area contributed by atoms with E-state index in [1.165, 1.54) is 24.8 Å². The lowest BCUT2D eigenvalue weighted by atomic mass is 9.69. The summed E-state index contributed by atoms with van der Waals surface area (Å²) in [6, 6.07) is 5.39. The average molecular weight is 251 g/mol. The summed E-state index contributed by atoms with van der Waals surface area (Å²) >= 11 is 0.